The second-order valence-electron chi connectivity index (χ2n) is 6.39. The number of nitro benzene ring substituents is 1. The van der Waals surface area contributed by atoms with Crippen molar-refractivity contribution in [2.24, 2.45) is 0 Å². The Hall–Kier alpha value is -3.48. The number of ether oxygens (including phenoxy) is 1. The van der Waals surface area contributed by atoms with Gasteiger partial charge in [-0.15, -0.1) is 0 Å². The minimum absolute atomic E-state index is 0.0768. The highest BCUT2D eigenvalue weighted by atomic mass is 16.6. The second-order valence-corrected chi connectivity index (χ2v) is 6.39. The van der Waals surface area contributed by atoms with Gasteiger partial charge in [0.2, 0.25) is 0 Å². The van der Waals surface area contributed by atoms with Crippen LogP contribution in [0.2, 0.25) is 0 Å². The van der Waals surface area contributed by atoms with E-state index in [0.29, 0.717) is 17.4 Å². The van der Waals surface area contributed by atoms with Gasteiger partial charge in [-0.1, -0.05) is 31.5 Å². The summed E-state index contributed by atoms with van der Waals surface area (Å²) in [7, 11) is 0. The fourth-order valence-corrected chi connectivity index (χ4v) is 3.04. The first kappa shape index (κ1) is 19.3. The lowest BCUT2D eigenvalue weighted by atomic mass is 10.1. The van der Waals surface area contributed by atoms with Crippen molar-refractivity contribution in [3.05, 3.63) is 79.7 Å². The van der Waals surface area contributed by atoms with Crippen LogP contribution in [0, 0.1) is 17.0 Å². The van der Waals surface area contributed by atoms with Gasteiger partial charge < -0.3 is 9.15 Å². The van der Waals surface area contributed by atoms with Crippen LogP contribution in [0.1, 0.15) is 41.3 Å². The molecule has 0 saturated carbocycles. The molecule has 0 amide bonds. The Kier molecular flexibility index (Phi) is 5.54. The number of benzene rings is 2. The molecule has 0 bridgehead atoms. The molecule has 0 aliphatic carbocycles. The summed E-state index contributed by atoms with van der Waals surface area (Å²) in [5.74, 6) is -0.606. The van der Waals surface area contributed by atoms with Gasteiger partial charge in [0.1, 0.15) is 5.58 Å². The summed E-state index contributed by atoms with van der Waals surface area (Å²) in [6, 6.07) is 11.0. The molecule has 2 aromatic carbocycles. The van der Waals surface area contributed by atoms with E-state index >= 15 is 0 Å². The number of para-hydroxylation sites is 1. The smallest absolute Gasteiger partial charge is 0.344 e. The number of carbonyl (C=O) groups excluding carboxylic acids is 1. The van der Waals surface area contributed by atoms with Crippen molar-refractivity contribution in [1.82, 2.24) is 0 Å². The van der Waals surface area contributed by atoms with Crippen molar-refractivity contribution in [2.45, 2.75) is 33.1 Å². The van der Waals surface area contributed by atoms with Gasteiger partial charge in [-0.25, -0.2) is 9.59 Å². The first-order valence-corrected chi connectivity index (χ1v) is 8.95. The number of hydrogen-bond acceptors (Lipinski definition) is 6. The van der Waals surface area contributed by atoms with Crippen molar-refractivity contribution < 1.29 is 18.9 Å². The van der Waals surface area contributed by atoms with E-state index in [1.807, 2.05) is 6.92 Å². The van der Waals surface area contributed by atoms with Crippen LogP contribution in [0.3, 0.4) is 0 Å². The van der Waals surface area contributed by atoms with Crippen LogP contribution >= 0.6 is 0 Å². The molecule has 3 rings (SSSR count). The normalized spacial score (nSPS) is 10.8. The number of nitro groups is 1. The lowest BCUT2D eigenvalue weighted by molar-refractivity contribution is -0.385. The number of esters is 1. The summed E-state index contributed by atoms with van der Waals surface area (Å²) in [5.41, 5.74) is 0.167. The quantitative estimate of drug-likeness (QED) is 0.268. The summed E-state index contributed by atoms with van der Waals surface area (Å²) in [6.45, 7) is 3.48. The van der Waals surface area contributed by atoms with Crippen LogP contribution in [0.5, 0.6) is 5.75 Å². The predicted octanol–water partition coefficient (Wildman–Crippen LogP) is 4.57. The maximum absolute atomic E-state index is 12.8. The van der Waals surface area contributed by atoms with Crippen molar-refractivity contribution in [3.8, 4) is 5.75 Å². The molecule has 0 aliphatic rings. The lowest BCUT2D eigenvalue weighted by Crippen LogP contribution is -2.16. The third-order valence-electron chi connectivity index (χ3n) is 4.55. The Morgan fingerprint density at radius 3 is 2.64 bits per heavy atom. The average molecular weight is 381 g/mol. The number of carbonyl (C=O) groups is 1. The molecule has 7 heteroatoms. The Morgan fingerprint density at radius 1 is 1.18 bits per heavy atom. The summed E-state index contributed by atoms with van der Waals surface area (Å²) in [5, 5.41) is 11.7. The fourth-order valence-electron chi connectivity index (χ4n) is 3.04. The van der Waals surface area contributed by atoms with E-state index in [0.717, 1.165) is 12.8 Å². The van der Waals surface area contributed by atoms with Gasteiger partial charge >= 0.3 is 11.6 Å². The van der Waals surface area contributed by atoms with E-state index in [4.69, 9.17) is 9.15 Å². The molecule has 0 spiro atoms. The van der Waals surface area contributed by atoms with E-state index in [-0.39, 0.29) is 28.1 Å². The van der Waals surface area contributed by atoms with Crippen LogP contribution < -0.4 is 10.4 Å². The van der Waals surface area contributed by atoms with Gasteiger partial charge in [0.15, 0.2) is 5.75 Å². The highest BCUT2D eigenvalue weighted by Gasteiger charge is 2.23. The molecule has 0 saturated heterocycles. The minimum atomic E-state index is -0.755. The van der Waals surface area contributed by atoms with Crippen LogP contribution in [0.25, 0.3) is 11.0 Å². The van der Waals surface area contributed by atoms with Crippen LogP contribution in [0.4, 0.5) is 5.69 Å². The molecule has 0 atom stereocenters. The number of hydrogen-bond donors (Lipinski definition) is 0. The van der Waals surface area contributed by atoms with E-state index < -0.39 is 16.5 Å². The molecule has 0 radical (unpaired) electrons. The molecule has 144 valence electrons. The van der Waals surface area contributed by atoms with Crippen LogP contribution in [-0.2, 0) is 6.42 Å². The Labute approximate surface area is 160 Å². The topological polar surface area (TPSA) is 99.7 Å². The summed E-state index contributed by atoms with van der Waals surface area (Å²) in [6.07, 6.45) is 1.98. The molecular formula is C21H19NO6. The van der Waals surface area contributed by atoms with Gasteiger partial charge in [-0.3, -0.25) is 10.1 Å². The minimum Gasteiger partial charge on any atom is -0.422 e. The first-order chi connectivity index (χ1) is 13.4. The highest BCUT2D eigenvalue weighted by Crippen LogP contribution is 2.30. The summed E-state index contributed by atoms with van der Waals surface area (Å²) in [4.78, 5) is 35.9. The third kappa shape index (κ3) is 3.64. The molecule has 28 heavy (non-hydrogen) atoms. The molecule has 7 nitrogen and oxygen atoms in total. The Bertz CT molecular complexity index is 1120. The number of nitrogens with zero attached hydrogens (tertiary/aromatic N) is 1. The number of unbranched alkanes of at least 4 members (excludes halogenated alkanes) is 1. The molecular weight excluding hydrogens is 362 g/mol. The van der Waals surface area contributed by atoms with Gasteiger partial charge in [-0.05, 0) is 38.0 Å². The predicted molar refractivity (Wildman–Crippen MR) is 104 cm³/mol. The average Bonchev–Trinajstić information content (AvgIpc) is 2.67. The third-order valence-corrected chi connectivity index (χ3v) is 4.55. The standard InChI is InChI=1S/C21H19NO6/c1-3-4-8-16-19(15-9-5-6-12-18(15)27-21(16)24)28-20(23)14-10-7-11-17(13(14)2)22(25)26/h5-7,9-12H,3-4,8H2,1-2H3. The zero-order valence-electron chi connectivity index (χ0n) is 15.6. The SMILES string of the molecule is CCCCc1c(OC(=O)c2cccc([N+](=O)[O-])c2C)c2ccccc2oc1=O. The zero-order chi connectivity index (χ0) is 20.3. The van der Waals surface area contributed by atoms with E-state index in [1.165, 1.54) is 25.1 Å². The maximum Gasteiger partial charge on any atom is 0.344 e. The van der Waals surface area contributed by atoms with E-state index in [9.17, 15) is 19.7 Å². The first-order valence-electron chi connectivity index (χ1n) is 8.95. The second kappa shape index (κ2) is 8.04. The molecule has 1 heterocycles. The Morgan fingerprint density at radius 2 is 1.93 bits per heavy atom. The monoisotopic (exact) mass is 381 g/mol. The van der Waals surface area contributed by atoms with Gasteiger partial charge in [0, 0.05) is 11.6 Å². The maximum atomic E-state index is 12.8. The largest absolute Gasteiger partial charge is 0.422 e. The van der Waals surface area contributed by atoms with Crippen LogP contribution in [0.15, 0.2) is 51.7 Å². The van der Waals surface area contributed by atoms with Gasteiger partial charge in [-0.2, -0.15) is 0 Å². The van der Waals surface area contributed by atoms with Gasteiger partial charge in [0.25, 0.3) is 5.69 Å². The van der Waals surface area contributed by atoms with Crippen molar-refractivity contribution in [3.63, 3.8) is 0 Å². The fraction of sp³-hybridized carbons (Fsp3) is 0.238. The van der Waals surface area contributed by atoms with E-state index in [2.05, 4.69) is 0 Å². The molecule has 0 N–H and O–H groups in total. The van der Waals surface area contributed by atoms with E-state index in [1.54, 1.807) is 24.3 Å². The summed E-state index contributed by atoms with van der Waals surface area (Å²) >= 11 is 0. The molecule has 0 unspecified atom stereocenters. The zero-order valence-corrected chi connectivity index (χ0v) is 15.6. The molecule has 3 aromatic rings. The lowest BCUT2D eigenvalue weighted by Gasteiger charge is -2.12. The molecule has 0 aliphatic heterocycles. The van der Waals surface area contributed by atoms with Crippen molar-refractivity contribution >= 4 is 22.6 Å². The highest BCUT2D eigenvalue weighted by molar-refractivity contribution is 5.96. The van der Waals surface area contributed by atoms with Gasteiger partial charge in [0.05, 0.1) is 21.4 Å². The number of fused-ring (bicyclic) bond motifs is 1. The van der Waals surface area contributed by atoms with Crippen molar-refractivity contribution in [1.29, 1.82) is 0 Å². The number of rotatable bonds is 6. The molecule has 1 aromatic heterocycles. The molecule has 0 fully saturated rings. The van der Waals surface area contributed by atoms with Crippen molar-refractivity contribution in [2.75, 3.05) is 0 Å². The Balaban J connectivity index is 2.11. The summed E-state index contributed by atoms with van der Waals surface area (Å²) < 4.78 is 11.0. The van der Waals surface area contributed by atoms with Crippen LogP contribution in [-0.4, -0.2) is 10.9 Å².